The van der Waals surface area contributed by atoms with Crippen LogP contribution in [0.5, 0.6) is 0 Å². The molecule has 4 rings (SSSR count). The summed E-state index contributed by atoms with van der Waals surface area (Å²) in [5.74, 6) is -0.112. The molecule has 0 saturated heterocycles. The molecule has 25 heavy (non-hydrogen) atoms. The molecule has 2 N–H and O–H groups in total. The topological polar surface area (TPSA) is 73.8 Å². The number of aromatic nitrogens is 3. The first kappa shape index (κ1) is 15.0. The Bertz CT molecular complexity index is 1090. The number of hydrogen-bond acceptors (Lipinski definition) is 3. The number of carbonyl (C=O) groups excluding carboxylic acids is 1. The fraction of sp³-hybridized carbons (Fsp3) is 0. The van der Waals surface area contributed by atoms with Gasteiger partial charge in [-0.15, -0.1) is 0 Å². The van der Waals surface area contributed by atoms with Crippen LogP contribution in [0.15, 0.2) is 67.0 Å². The molecule has 2 heterocycles. The van der Waals surface area contributed by atoms with E-state index in [-0.39, 0.29) is 11.4 Å². The molecule has 0 bridgehead atoms. The SMILES string of the molecule is NC(=O)c1cnc(-c2ccccc2)nc1-n1ccc2cc(F)ccc21. The van der Waals surface area contributed by atoms with Crippen molar-refractivity contribution in [3.63, 3.8) is 0 Å². The van der Waals surface area contributed by atoms with Crippen LogP contribution in [0.3, 0.4) is 0 Å². The van der Waals surface area contributed by atoms with E-state index in [4.69, 9.17) is 5.73 Å². The number of primary amides is 1. The van der Waals surface area contributed by atoms with Gasteiger partial charge >= 0.3 is 0 Å². The number of fused-ring (bicyclic) bond motifs is 1. The number of nitrogens with zero attached hydrogens (tertiary/aromatic N) is 3. The van der Waals surface area contributed by atoms with Crippen molar-refractivity contribution in [3.05, 3.63) is 78.4 Å². The average molecular weight is 332 g/mol. The molecular weight excluding hydrogens is 319 g/mol. The Kier molecular flexibility index (Phi) is 3.50. The van der Waals surface area contributed by atoms with Crippen molar-refractivity contribution in [3.8, 4) is 17.2 Å². The Hall–Kier alpha value is -3.54. The Morgan fingerprint density at radius 2 is 1.88 bits per heavy atom. The second-order valence-corrected chi connectivity index (χ2v) is 5.55. The molecule has 4 aromatic rings. The van der Waals surface area contributed by atoms with E-state index >= 15 is 0 Å². The molecule has 0 aliphatic heterocycles. The summed E-state index contributed by atoms with van der Waals surface area (Å²) in [5.41, 5.74) is 7.23. The number of carbonyl (C=O) groups is 1. The van der Waals surface area contributed by atoms with Gasteiger partial charge in [-0.3, -0.25) is 4.79 Å². The van der Waals surface area contributed by atoms with Gasteiger partial charge in [0.15, 0.2) is 11.6 Å². The van der Waals surface area contributed by atoms with E-state index in [9.17, 15) is 9.18 Å². The molecule has 0 unspecified atom stereocenters. The number of benzene rings is 2. The third-order valence-corrected chi connectivity index (χ3v) is 3.95. The first-order chi connectivity index (χ1) is 12.1. The second kappa shape index (κ2) is 5.83. The Labute approximate surface area is 142 Å². The molecule has 1 amide bonds. The lowest BCUT2D eigenvalue weighted by molar-refractivity contribution is 0.0999. The van der Waals surface area contributed by atoms with Crippen LogP contribution in [0.1, 0.15) is 10.4 Å². The lowest BCUT2D eigenvalue weighted by Crippen LogP contribution is -2.16. The Balaban J connectivity index is 1.96. The van der Waals surface area contributed by atoms with Gasteiger partial charge in [0.2, 0.25) is 0 Å². The van der Waals surface area contributed by atoms with Crippen molar-refractivity contribution in [1.82, 2.24) is 14.5 Å². The fourth-order valence-electron chi connectivity index (χ4n) is 2.75. The first-order valence-electron chi connectivity index (χ1n) is 7.63. The van der Waals surface area contributed by atoms with E-state index in [0.717, 1.165) is 11.1 Å². The summed E-state index contributed by atoms with van der Waals surface area (Å²) < 4.78 is 15.1. The predicted molar refractivity (Wildman–Crippen MR) is 92.8 cm³/mol. The highest BCUT2D eigenvalue weighted by molar-refractivity contribution is 5.96. The number of hydrogen-bond donors (Lipinski definition) is 1. The largest absolute Gasteiger partial charge is 0.365 e. The van der Waals surface area contributed by atoms with Crippen molar-refractivity contribution in [2.45, 2.75) is 0 Å². The molecule has 0 aliphatic carbocycles. The van der Waals surface area contributed by atoms with Gasteiger partial charge in [0.25, 0.3) is 5.91 Å². The third-order valence-electron chi connectivity index (χ3n) is 3.95. The van der Waals surface area contributed by atoms with Gasteiger partial charge in [0.1, 0.15) is 11.4 Å². The summed E-state index contributed by atoms with van der Waals surface area (Å²) >= 11 is 0. The van der Waals surface area contributed by atoms with Gasteiger partial charge in [0, 0.05) is 23.3 Å². The highest BCUT2D eigenvalue weighted by Gasteiger charge is 2.16. The van der Waals surface area contributed by atoms with E-state index in [1.165, 1.54) is 18.3 Å². The van der Waals surface area contributed by atoms with Crippen LogP contribution in [0.2, 0.25) is 0 Å². The summed E-state index contributed by atoms with van der Waals surface area (Å²) in [6, 6.07) is 15.6. The number of nitrogens with two attached hydrogens (primary N) is 1. The van der Waals surface area contributed by atoms with Gasteiger partial charge < -0.3 is 10.3 Å². The zero-order valence-electron chi connectivity index (χ0n) is 13.1. The first-order valence-corrected chi connectivity index (χ1v) is 7.63. The number of rotatable bonds is 3. The highest BCUT2D eigenvalue weighted by atomic mass is 19.1. The second-order valence-electron chi connectivity index (χ2n) is 5.55. The van der Waals surface area contributed by atoms with Crippen molar-refractivity contribution < 1.29 is 9.18 Å². The van der Waals surface area contributed by atoms with E-state index in [2.05, 4.69) is 9.97 Å². The molecule has 0 radical (unpaired) electrons. The molecule has 5 nitrogen and oxygen atoms in total. The third kappa shape index (κ3) is 2.63. The Morgan fingerprint density at radius 3 is 2.64 bits per heavy atom. The van der Waals surface area contributed by atoms with E-state index < -0.39 is 5.91 Å². The lowest BCUT2D eigenvalue weighted by Gasteiger charge is -2.10. The maximum atomic E-state index is 13.4. The normalized spacial score (nSPS) is 10.9. The van der Waals surface area contributed by atoms with Crippen molar-refractivity contribution in [2.24, 2.45) is 5.73 Å². The van der Waals surface area contributed by atoms with Crippen LogP contribution in [0.25, 0.3) is 28.1 Å². The van der Waals surface area contributed by atoms with Crippen molar-refractivity contribution >= 4 is 16.8 Å². The summed E-state index contributed by atoms with van der Waals surface area (Å²) in [6.07, 6.45) is 3.15. The highest BCUT2D eigenvalue weighted by Crippen LogP contribution is 2.24. The molecule has 2 aromatic heterocycles. The minimum absolute atomic E-state index is 0.196. The fourth-order valence-corrected chi connectivity index (χ4v) is 2.75. The molecular formula is C19H13FN4O. The number of halogens is 1. The van der Waals surface area contributed by atoms with Crippen LogP contribution < -0.4 is 5.73 Å². The smallest absolute Gasteiger partial charge is 0.254 e. The van der Waals surface area contributed by atoms with Gasteiger partial charge in [-0.2, -0.15) is 0 Å². The molecule has 0 aliphatic rings. The van der Waals surface area contributed by atoms with Gasteiger partial charge in [-0.25, -0.2) is 14.4 Å². The maximum Gasteiger partial charge on any atom is 0.254 e. The average Bonchev–Trinajstić information content (AvgIpc) is 3.04. The molecule has 2 aromatic carbocycles. The summed E-state index contributed by atoms with van der Waals surface area (Å²) in [5, 5.41) is 0.704. The van der Waals surface area contributed by atoms with Gasteiger partial charge in [0.05, 0.1) is 5.52 Å². The molecule has 6 heteroatoms. The molecule has 0 spiro atoms. The minimum Gasteiger partial charge on any atom is -0.365 e. The van der Waals surface area contributed by atoms with Crippen LogP contribution in [-0.2, 0) is 0 Å². The molecule has 0 saturated carbocycles. The molecule has 0 atom stereocenters. The number of amides is 1. The molecule has 122 valence electrons. The van der Waals surface area contributed by atoms with Crippen LogP contribution in [0, 0.1) is 5.82 Å². The summed E-state index contributed by atoms with van der Waals surface area (Å²) in [7, 11) is 0. The summed E-state index contributed by atoms with van der Waals surface area (Å²) in [4.78, 5) is 20.6. The van der Waals surface area contributed by atoms with E-state index in [1.807, 2.05) is 30.3 Å². The Morgan fingerprint density at radius 1 is 1.08 bits per heavy atom. The van der Waals surface area contributed by atoms with E-state index in [0.29, 0.717) is 17.0 Å². The summed E-state index contributed by atoms with van der Waals surface area (Å²) in [6.45, 7) is 0. The van der Waals surface area contributed by atoms with Gasteiger partial charge in [-0.1, -0.05) is 30.3 Å². The van der Waals surface area contributed by atoms with Gasteiger partial charge in [-0.05, 0) is 24.3 Å². The quantitative estimate of drug-likeness (QED) is 0.625. The van der Waals surface area contributed by atoms with Crippen molar-refractivity contribution in [2.75, 3.05) is 0 Å². The minimum atomic E-state index is -0.626. The monoisotopic (exact) mass is 332 g/mol. The van der Waals surface area contributed by atoms with E-state index in [1.54, 1.807) is 22.9 Å². The van der Waals surface area contributed by atoms with Crippen LogP contribution in [0.4, 0.5) is 4.39 Å². The van der Waals surface area contributed by atoms with Crippen LogP contribution >= 0.6 is 0 Å². The standard InChI is InChI=1S/C19H13FN4O/c20-14-6-7-16-13(10-14)8-9-24(16)19-15(17(21)25)11-22-18(23-19)12-4-2-1-3-5-12/h1-11H,(H2,21,25). The maximum absolute atomic E-state index is 13.4. The predicted octanol–water partition coefficient (Wildman–Crippen LogP) is 3.33. The molecule has 0 fully saturated rings. The van der Waals surface area contributed by atoms with Crippen LogP contribution in [-0.4, -0.2) is 20.4 Å². The lowest BCUT2D eigenvalue weighted by atomic mass is 10.2. The zero-order valence-corrected chi connectivity index (χ0v) is 13.1. The zero-order chi connectivity index (χ0) is 17.4. The van der Waals surface area contributed by atoms with Crippen molar-refractivity contribution in [1.29, 1.82) is 0 Å².